The lowest BCUT2D eigenvalue weighted by Gasteiger charge is -2.38. The summed E-state index contributed by atoms with van der Waals surface area (Å²) in [4.78, 5) is 21.3. The van der Waals surface area contributed by atoms with Crippen LogP contribution >= 0.6 is 0 Å². The third-order valence-electron chi connectivity index (χ3n) is 5.93. The van der Waals surface area contributed by atoms with Crippen LogP contribution in [-0.2, 0) is 14.6 Å². The van der Waals surface area contributed by atoms with E-state index in [1.165, 1.54) is 5.69 Å². The van der Waals surface area contributed by atoms with Crippen LogP contribution < -0.4 is 4.90 Å². The molecule has 166 valence electrons. The highest BCUT2D eigenvalue weighted by Gasteiger charge is 2.26. The summed E-state index contributed by atoms with van der Waals surface area (Å²) in [6.07, 6.45) is 5.87. The lowest BCUT2D eigenvalue weighted by Crippen LogP contribution is -2.45. The van der Waals surface area contributed by atoms with Crippen molar-refractivity contribution in [2.45, 2.75) is 43.5 Å². The molecule has 0 N–H and O–H groups in total. The van der Waals surface area contributed by atoms with Crippen LogP contribution in [0.2, 0.25) is 0 Å². The Labute approximate surface area is 185 Å². The molecule has 0 radical (unpaired) electrons. The minimum atomic E-state index is -3.39. The van der Waals surface area contributed by atoms with Crippen LogP contribution in [0.5, 0.6) is 0 Å². The molecule has 1 amide bonds. The molecule has 0 aliphatic carbocycles. The van der Waals surface area contributed by atoms with Crippen molar-refractivity contribution in [1.29, 1.82) is 0 Å². The standard InChI is InChI=1S/C24H31N3O3S/c1-4-20-7-9-23(10-8-20)31(29,30)17-5-6-24(28)26(3)21-12-15-27(16-13-21)22-11-14-25-19(2)18-22/h4,7-11,14,18,21H,1,5-6,12-13,15-17H2,2-3H3. The summed E-state index contributed by atoms with van der Waals surface area (Å²) in [5.74, 6) is -0.0183. The fourth-order valence-electron chi connectivity index (χ4n) is 3.96. The van der Waals surface area contributed by atoms with Crippen molar-refractivity contribution in [2.24, 2.45) is 0 Å². The highest BCUT2D eigenvalue weighted by Crippen LogP contribution is 2.23. The number of aryl methyl sites for hydroxylation is 1. The van der Waals surface area contributed by atoms with E-state index in [0.717, 1.165) is 37.2 Å². The number of carbonyl (C=O) groups excluding carboxylic acids is 1. The molecule has 7 heteroatoms. The summed E-state index contributed by atoms with van der Waals surface area (Å²) in [5.41, 5.74) is 3.05. The number of hydrogen-bond acceptors (Lipinski definition) is 5. The van der Waals surface area contributed by atoms with Gasteiger partial charge in [0.15, 0.2) is 9.84 Å². The van der Waals surface area contributed by atoms with Crippen molar-refractivity contribution in [3.8, 4) is 0 Å². The number of hydrogen-bond donors (Lipinski definition) is 0. The average Bonchev–Trinajstić information content (AvgIpc) is 2.78. The largest absolute Gasteiger partial charge is 0.371 e. The number of anilines is 1. The predicted octanol–water partition coefficient (Wildman–Crippen LogP) is 3.71. The van der Waals surface area contributed by atoms with E-state index in [0.29, 0.717) is 6.42 Å². The monoisotopic (exact) mass is 441 g/mol. The van der Waals surface area contributed by atoms with Crippen LogP contribution in [0.1, 0.15) is 36.9 Å². The summed E-state index contributed by atoms with van der Waals surface area (Å²) in [6.45, 7) is 7.44. The van der Waals surface area contributed by atoms with Crippen molar-refractivity contribution in [3.63, 3.8) is 0 Å². The summed E-state index contributed by atoms with van der Waals surface area (Å²) in [7, 11) is -1.55. The average molecular weight is 442 g/mol. The van der Waals surface area contributed by atoms with Crippen molar-refractivity contribution in [1.82, 2.24) is 9.88 Å². The van der Waals surface area contributed by atoms with Gasteiger partial charge in [-0.15, -0.1) is 0 Å². The SMILES string of the molecule is C=Cc1ccc(S(=O)(=O)CCCC(=O)N(C)C2CCN(c3ccnc(C)c3)CC2)cc1. The van der Waals surface area contributed by atoms with Gasteiger partial charge in [0.25, 0.3) is 0 Å². The smallest absolute Gasteiger partial charge is 0.222 e. The van der Waals surface area contributed by atoms with Gasteiger partial charge in [-0.1, -0.05) is 24.8 Å². The maximum atomic E-state index is 12.6. The molecule has 0 saturated carbocycles. The Morgan fingerprint density at radius 2 is 1.90 bits per heavy atom. The molecule has 2 aromatic rings. The Morgan fingerprint density at radius 1 is 1.23 bits per heavy atom. The molecule has 0 atom stereocenters. The molecule has 31 heavy (non-hydrogen) atoms. The zero-order valence-corrected chi connectivity index (χ0v) is 19.1. The Balaban J connectivity index is 1.46. The zero-order chi connectivity index (χ0) is 22.4. The fourth-order valence-corrected chi connectivity index (χ4v) is 5.27. The van der Waals surface area contributed by atoms with Gasteiger partial charge in [0.05, 0.1) is 10.6 Å². The Kier molecular flexibility index (Phi) is 7.49. The molecule has 1 aliphatic rings. The van der Waals surface area contributed by atoms with E-state index in [-0.39, 0.29) is 29.0 Å². The minimum absolute atomic E-state index is 0.00964. The number of nitrogens with zero attached hydrogens (tertiary/aromatic N) is 3. The Hall–Kier alpha value is -2.67. The normalized spacial score (nSPS) is 15.0. The molecule has 1 fully saturated rings. The molecule has 3 rings (SSSR count). The second-order valence-electron chi connectivity index (χ2n) is 8.07. The van der Waals surface area contributed by atoms with Gasteiger partial charge in [-0.25, -0.2) is 8.42 Å². The summed E-state index contributed by atoms with van der Waals surface area (Å²) in [6, 6.07) is 11.0. The van der Waals surface area contributed by atoms with Crippen LogP contribution in [0.25, 0.3) is 6.08 Å². The number of amides is 1. The first-order chi connectivity index (χ1) is 14.8. The minimum Gasteiger partial charge on any atom is -0.371 e. The van der Waals surface area contributed by atoms with Gasteiger partial charge in [0.2, 0.25) is 5.91 Å². The van der Waals surface area contributed by atoms with Gasteiger partial charge in [-0.3, -0.25) is 9.78 Å². The number of pyridine rings is 1. The molecule has 0 bridgehead atoms. The van der Waals surface area contributed by atoms with Crippen molar-refractivity contribution in [3.05, 3.63) is 60.4 Å². The third-order valence-corrected chi connectivity index (χ3v) is 7.75. The lowest BCUT2D eigenvalue weighted by molar-refractivity contribution is -0.132. The predicted molar refractivity (Wildman–Crippen MR) is 125 cm³/mol. The van der Waals surface area contributed by atoms with E-state index in [4.69, 9.17) is 0 Å². The summed E-state index contributed by atoms with van der Waals surface area (Å²) < 4.78 is 25.0. The first-order valence-electron chi connectivity index (χ1n) is 10.7. The quantitative estimate of drug-likeness (QED) is 0.624. The van der Waals surface area contributed by atoms with E-state index in [1.807, 2.05) is 26.2 Å². The molecule has 1 saturated heterocycles. The molecule has 0 unspecified atom stereocenters. The van der Waals surface area contributed by atoms with E-state index in [2.05, 4.69) is 22.5 Å². The molecule has 1 aromatic heterocycles. The number of carbonyl (C=O) groups is 1. The number of rotatable bonds is 8. The molecular weight excluding hydrogens is 410 g/mol. The molecule has 1 aromatic carbocycles. The molecule has 0 spiro atoms. The topological polar surface area (TPSA) is 70.6 Å². The zero-order valence-electron chi connectivity index (χ0n) is 18.3. The summed E-state index contributed by atoms with van der Waals surface area (Å²) >= 11 is 0. The third kappa shape index (κ3) is 5.94. The van der Waals surface area contributed by atoms with Gasteiger partial charge >= 0.3 is 0 Å². The van der Waals surface area contributed by atoms with Crippen LogP contribution in [0, 0.1) is 6.92 Å². The van der Waals surface area contributed by atoms with E-state index in [9.17, 15) is 13.2 Å². The van der Waals surface area contributed by atoms with E-state index < -0.39 is 9.84 Å². The van der Waals surface area contributed by atoms with Gasteiger partial charge in [0, 0.05) is 50.2 Å². The van der Waals surface area contributed by atoms with E-state index in [1.54, 1.807) is 35.2 Å². The highest BCUT2D eigenvalue weighted by molar-refractivity contribution is 7.91. The van der Waals surface area contributed by atoms with Crippen molar-refractivity contribution < 1.29 is 13.2 Å². The van der Waals surface area contributed by atoms with E-state index >= 15 is 0 Å². The van der Waals surface area contributed by atoms with Crippen LogP contribution in [0.3, 0.4) is 0 Å². The Morgan fingerprint density at radius 3 is 2.52 bits per heavy atom. The molecule has 6 nitrogen and oxygen atoms in total. The maximum absolute atomic E-state index is 12.6. The van der Waals surface area contributed by atoms with Gasteiger partial charge in [-0.2, -0.15) is 0 Å². The second-order valence-corrected chi connectivity index (χ2v) is 10.2. The summed E-state index contributed by atoms with van der Waals surface area (Å²) in [5, 5.41) is 0. The number of aromatic nitrogens is 1. The highest BCUT2D eigenvalue weighted by atomic mass is 32.2. The van der Waals surface area contributed by atoms with Crippen molar-refractivity contribution in [2.75, 3.05) is 30.8 Å². The van der Waals surface area contributed by atoms with Gasteiger partial charge in [-0.05, 0) is 56.0 Å². The second kappa shape index (κ2) is 10.1. The first-order valence-corrected chi connectivity index (χ1v) is 12.3. The molecular formula is C24H31N3O3S. The number of benzene rings is 1. The fraction of sp³-hybridized carbons (Fsp3) is 0.417. The molecule has 1 aliphatic heterocycles. The number of sulfone groups is 1. The van der Waals surface area contributed by atoms with Crippen molar-refractivity contribution >= 4 is 27.5 Å². The Bertz CT molecular complexity index is 1010. The molecule has 2 heterocycles. The maximum Gasteiger partial charge on any atom is 0.222 e. The lowest BCUT2D eigenvalue weighted by atomic mass is 10.0. The van der Waals surface area contributed by atoms with Crippen LogP contribution in [0.4, 0.5) is 5.69 Å². The van der Waals surface area contributed by atoms with Gasteiger partial charge < -0.3 is 9.80 Å². The van der Waals surface area contributed by atoms with Gasteiger partial charge in [0.1, 0.15) is 0 Å². The van der Waals surface area contributed by atoms with Crippen LogP contribution in [-0.4, -0.2) is 56.1 Å². The number of piperidine rings is 1. The first kappa shape index (κ1) is 23.0. The van der Waals surface area contributed by atoms with Crippen LogP contribution in [0.15, 0.2) is 54.1 Å².